The predicted octanol–water partition coefficient (Wildman–Crippen LogP) is 1.53. The van der Waals surface area contributed by atoms with Gasteiger partial charge in [-0.05, 0) is 39.7 Å². The number of rotatable bonds is 3. The molecule has 0 bridgehead atoms. The molecular weight excluding hydrogens is 304 g/mol. The first kappa shape index (κ1) is 16.4. The predicted molar refractivity (Wildman–Crippen MR) is 92.2 cm³/mol. The molecule has 1 amide bonds. The summed E-state index contributed by atoms with van der Waals surface area (Å²) in [6, 6.07) is 1.90. The fourth-order valence-corrected chi connectivity index (χ4v) is 3.04. The first-order valence-corrected chi connectivity index (χ1v) is 8.30. The number of carbonyl (C=O) groups excluding carboxylic acids is 1. The Hall–Kier alpha value is -2.44. The number of anilines is 1. The van der Waals surface area contributed by atoms with Crippen LogP contribution >= 0.6 is 0 Å². The van der Waals surface area contributed by atoms with Crippen molar-refractivity contribution in [2.24, 2.45) is 7.05 Å². The van der Waals surface area contributed by atoms with Crippen LogP contribution in [0.25, 0.3) is 0 Å². The molecule has 7 heteroatoms. The Kier molecular flexibility index (Phi) is 4.51. The van der Waals surface area contributed by atoms with Gasteiger partial charge < -0.3 is 10.2 Å². The highest BCUT2D eigenvalue weighted by molar-refractivity contribution is 5.92. The summed E-state index contributed by atoms with van der Waals surface area (Å²) in [6.45, 7) is 7.54. The van der Waals surface area contributed by atoms with Gasteiger partial charge in [-0.25, -0.2) is 4.98 Å². The highest BCUT2D eigenvalue weighted by Crippen LogP contribution is 2.20. The molecule has 3 rings (SSSR count). The molecular formula is C17H24N6O. The Balaban J connectivity index is 1.69. The molecule has 24 heavy (non-hydrogen) atoms. The van der Waals surface area contributed by atoms with Crippen LogP contribution in [0.5, 0.6) is 0 Å². The van der Waals surface area contributed by atoms with Gasteiger partial charge in [0.15, 0.2) is 0 Å². The van der Waals surface area contributed by atoms with E-state index in [4.69, 9.17) is 0 Å². The van der Waals surface area contributed by atoms with Crippen molar-refractivity contribution in [1.29, 1.82) is 0 Å². The highest BCUT2D eigenvalue weighted by Gasteiger charge is 2.25. The Bertz CT molecular complexity index is 734. The van der Waals surface area contributed by atoms with Gasteiger partial charge in [-0.2, -0.15) is 5.10 Å². The molecule has 7 nitrogen and oxygen atoms in total. The first-order chi connectivity index (χ1) is 11.4. The first-order valence-electron chi connectivity index (χ1n) is 8.30. The minimum Gasteiger partial charge on any atom is -0.353 e. The van der Waals surface area contributed by atoms with Gasteiger partial charge in [0.05, 0.1) is 11.4 Å². The summed E-state index contributed by atoms with van der Waals surface area (Å²) in [5.41, 5.74) is 3.27. The Morgan fingerprint density at radius 1 is 1.33 bits per heavy atom. The number of hydrogen-bond donors (Lipinski definition) is 1. The van der Waals surface area contributed by atoms with E-state index in [1.807, 2.05) is 33.9 Å². The number of nitrogens with zero attached hydrogens (tertiary/aromatic N) is 5. The fourth-order valence-electron chi connectivity index (χ4n) is 3.04. The van der Waals surface area contributed by atoms with Gasteiger partial charge in [0.25, 0.3) is 5.91 Å². The molecule has 0 radical (unpaired) electrons. The molecule has 0 saturated carbocycles. The number of piperidine rings is 1. The second-order valence-corrected chi connectivity index (χ2v) is 6.47. The van der Waals surface area contributed by atoms with Crippen LogP contribution in [0, 0.1) is 20.8 Å². The summed E-state index contributed by atoms with van der Waals surface area (Å²) in [6.07, 6.45) is 3.76. The number of hydrogen-bond acceptors (Lipinski definition) is 5. The van der Waals surface area contributed by atoms with Crippen molar-refractivity contribution in [1.82, 2.24) is 25.1 Å². The molecule has 1 N–H and O–H groups in total. The highest BCUT2D eigenvalue weighted by atomic mass is 16.2. The smallest absolute Gasteiger partial charge is 0.272 e. The van der Waals surface area contributed by atoms with Crippen LogP contribution in [0.1, 0.15) is 40.4 Å². The third kappa shape index (κ3) is 3.39. The molecule has 0 spiro atoms. The van der Waals surface area contributed by atoms with Gasteiger partial charge in [-0.3, -0.25) is 14.5 Å². The summed E-state index contributed by atoms with van der Waals surface area (Å²) in [4.78, 5) is 23.6. The number of nitrogens with one attached hydrogen (secondary N) is 1. The topological polar surface area (TPSA) is 75.9 Å². The van der Waals surface area contributed by atoms with E-state index in [0.717, 1.165) is 48.8 Å². The van der Waals surface area contributed by atoms with E-state index >= 15 is 0 Å². The van der Waals surface area contributed by atoms with Crippen molar-refractivity contribution in [3.05, 3.63) is 35.0 Å². The van der Waals surface area contributed by atoms with Crippen molar-refractivity contribution in [3.63, 3.8) is 0 Å². The molecule has 1 aliphatic heterocycles. The lowest BCUT2D eigenvalue weighted by molar-refractivity contribution is 0.0927. The molecule has 3 heterocycles. The summed E-state index contributed by atoms with van der Waals surface area (Å²) >= 11 is 0. The molecule has 1 fully saturated rings. The maximum atomic E-state index is 12.4. The van der Waals surface area contributed by atoms with Crippen LogP contribution in [0.3, 0.4) is 0 Å². The van der Waals surface area contributed by atoms with Crippen molar-refractivity contribution >= 4 is 11.7 Å². The maximum absolute atomic E-state index is 12.4. The van der Waals surface area contributed by atoms with E-state index in [0.29, 0.717) is 5.69 Å². The van der Waals surface area contributed by atoms with Crippen molar-refractivity contribution in [2.45, 2.75) is 39.7 Å². The molecule has 0 aliphatic carbocycles. The number of amides is 1. The molecule has 1 atom stereocenters. The second kappa shape index (κ2) is 6.59. The summed E-state index contributed by atoms with van der Waals surface area (Å²) in [5, 5.41) is 7.35. The zero-order chi connectivity index (χ0) is 17.3. The molecule has 1 unspecified atom stereocenters. The van der Waals surface area contributed by atoms with Gasteiger partial charge in [-0.15, -0.1) is 0 Å². The van der Waals surface area contributed by atoms with Crippen LogP contribution < -0.4 is 10.2 Å². The number of aromatic nitrogens is 4. The van der Waals surface area contributed by atoms with E-state index in [1.54, 1.807) is 10.9 Å². The largest absolute Gasteiger partial charge is 0.353 e. The van der Waals surface area contributed by atoms with Crippen LogP contribution in [0.4, 0.5) is 5.82 Å². The Morgan fingerprint density at radius 3 is 2.83 bits per heavy atom. The Labute approximate surface area is 142 Å². The van der Waals surface area contributed by atoms with Gasteiger partial charge in [0, 0.05) is 38.1 Å². The normalized spacial score (nSPS) is 17.8. The molecule has 1 saturated heterocycles. The molecule has 2 aromatic rings. The molecule has 128 valence electrons. The van der Waals surface area contributed by atoms with Crippen LogP contribution in [0.15, 0.2) is 12.3 Å². The quantitative estimate of drug-likeness (QED) is 0.925. The van der Waals surface area contributed by atoms with Crippen LogP contribution in [-0.4, -0.2) is 44.8 Å². The zero-order valence-electron chi connectivity index (χ0n) is 14.7. The molecule has 0 aromatic carbocycles. The van der Waals surface area contributed by atoms with Crippen molar-refractivity contribution in [3.8, 4) is 0 Å². The number of carbonyl (C=O) groups is 1. The minimum atomic E-state index is -0.113. The summed E-state index contributed by atoms with van der Waals surface area (Å²) < 4.78 is 1.72. The van der Waals surface area contributed by atoms with Crippen LogP contribution in [-0.2, 0) is 7.05 Å². The lowest BCUT2D eigenvalue weighted by Gasteiger charge is -2.34. The maximum Gasteiger partial charge on any atom is 0.272 e. The monoisotopic (exact) mass is 328 g/mol. The standard InChI is InChI=1S/C17H24N6O/c1-11-9-18-13(3)16(19-11)23-7-5-6-14(10-23)20-17(24)15-8-12(2)22(4)21-15/h8-9,14H,5-7,10H2,1-4H3,(H,20,24). The molecule has 1 aliphatic rings. The molecule has 2 aromatic heterocycles. The van der Waals surface area contributed by atoms with E-state index in [1.165, 1.54) is 0 Å². The average Bonchev–Trinajstić information content (AvgIpc) is 2.89. The lowest BCUT2D eigenvalue weighted by Crippen LogP contribution is -2.48. The van der Waals surface area contributed by atoms with E-state index < -0.39 is 0 Å². The Morgan fingerprint density at radius 2 is 2.12 bits per heavy atom. The van der Waals surface area contributed by atoms with Gasteiger partial charge in [-0.1, -0.05) is 0 Å². The van der Waals surface area contributed by atoms with E-state index in [-0.39, 0.29) is 11.9 Å². The third-order valence-electron chi connectivity index (χ3n) is 4.45. The van der Waals surface area contributed by atoms with Crippen molar-refractivity contribution in [2.75, 3.05) is 18.0 Å². The van der Waals surface area contributed by atoms with E-state index in [2.05, 4.69) is 25.3 Å². The third-order valence-corrected chi connectivity index (χ3v) is 4.45. The zero-order valence-corrected chi connectivity index (χ0v) is 14.7. The lowest BCUT2D eigenvalue weighted by atomic mass is 10.1. The number of aryl methyl sites for hydroxylation is 4. The van der Waals surface area contributed by atoms with Crippen molar-refractivity contribution < 1.29 is 4.79 Å². The van der Waals surface area contributed by atoms with Gasteiger partial charge in [0.1, 0.15) is 11.5 Å². The van der Waals surface area contributed by atoms with Gasteiger partial charge in [0.2, 0.25) is 0 Å². The average molecular weight is 328 g/mol. The summed E-state index contributed by atoms with van der Waals surface area (Å²) in [7, 11) is 1.84. The van der Waals surface area contributed by atoms with Gasteiger partial charge >= 0.3 is 0 Å². The fraction of sp³-hybridized carbons (Fsp3) is 0.529. The van der Waals surface area contributed by atoms with Crippen LogP contribution in [0.2, 0.25) is 0 Å². The SMILES string of the molecule is Cc1cnc(C)c(N2CCCC(NC(=O)c3cc(C)n(C)n3)C2)n1. The summed E-state index contributed by atoms with van der Waals surface area (Å²) in [5.74, 6) is 0.806. The second-order valence-electron chi connectivity index (χ2n) is 6.47. The minimum absolute atomic E-state index is 0.0928. The van der Waals surface area contributed by atoms with E-state index in [9.17, 15) is 4.79 Å².